The molecule has 1 saturated carbocycles. The fourth-order valence-corrected chi connectivity index (χ4v) is 11.6. The number of ether oxygens (including phenoxy) is 12. The number of para-hydroxylation sites is 3. The third-order valence-corrected chi connectivity index (χ3v) is 16.5. The molecule has 6 aromatic carbocycles. The van der Waals surface area contributed by atoms with Crippen molar-refractivity contribution < 1.29 is 182 Å². The van der Waals surface area contributed by atoms with Crippen LogP contribution in [0.25, 0.3) is 66.9 Å². The number of carbonyl (C=O) groups excluding carboxylic acids is 7. The topological polar surface area (TPSA) is 465 Å². The van der Waals surface area contributed by atoms with Crippen molar-refractivity contribution in [3.05, 3.63) is 176 Å². The van der Waals surface area contributed by atoms with Crippen molar-refractivity contribution in [3.63, 3.8) is 0 Å². The zero-order valence-electron chi connectivity index (χ0n) is 64.0. The SMILES string of the molecule is CC(=O)OCC1CC(Oc2ccc(-c3cc(=O)c4ccccc4o3)cc2O)C(OC(C)=O)C1OC(C)=O.CC(=O)OCC1OC(OC(C)=O)C(OC(C)=O)C1OC(C)=O.CCOCC.FB(F)F.O=c1cc(-c2ccc(O)c(O)c2)oc2ccccc12.O=c1cc(-c2ccc(OC3OC(CO)C(O)C3O)c([O-])c2)oc2ccccc12.[Na+]. The summed E-state index contributed by atoms with van der Waals surface area (Å²) in [6.45, 7) is 13.2. The van der Waals surface area contributed by atoms with Crippen LogP contribution in [0.5, 0.6) is 34.5 Å². The molecule has 1 aliphatic carbocycles. The maximum atomic E-state index is 12.5. The van der Waals surface area contributed by atoms with Gasteiger partial charge in [-0.1, -0.05) is 48.2 Å². The van der Waals surface area contributed by atoms with Gasteiger partial charge in [0.05, 0.1) is 29.4 Å². The molecule has 2 aliphatic heterocycles. The summed E-state index contributed by atoms with van der Waals surface area (Å²) in [5, 5.41) is 72.0. The average molecular weight is 1630 g/mol. The number of rotatable bonds is 19. The molecular formula is C79H81BF3NaO32. The van der Waals surface area contributed by atoms with Gasteiger partial charge < -0.3 is 106 Å². The van der Waals surface area contributed by atoms with Gasteiger partial charge in [0, 0.05) is 102 Å². The summed E-state index contributed by atoms with van der Waals surface area (Å²) in [6, 6.07) is 37.5. The van der Waals surface area contributed by atoms with Gasteiger partial charge in [0.15, 0.2) is 51.5 Å². The van der Waals surface area contributed by atoms with Crippen LogP contribution >= 0.6 is 0 Å². The van der Waals surface area contributed by atoms with E-state index in [4.69, 9.17) is 75.2 Å². The molecule has 37 heteroatoms. The second kappa shape index (κ2) is 44.5. The first kappa shape index (κ1) is 93.5. The van der Waals surface area contributed by atoms with Gasteiger partial charge in [-0.2, -0.15) is 0 Å². The van der Waals surface area contributed by atoms with E-state index in [1.807, 2.05) is 13.8 Å². The summed E-state index contributed by atoms with van der Waals surface area (Å²) in [5.74, 6) is -5.22. The normalized spacial score (nSPS) is 20.0. The maximum Gasteiger partial charge on any atom is 1.00 e. The third kappa shape index (κ3) is 26.9. The van der Waals surface area contributed by atoms with Crippen LogP contribution in [0.3, 0.4) is 0 Å². The van der Waals surface area contributed by atoms with Crippen molar-refractivity contribution in [1.29, 1.82) is 0 Å². The number of esters is 7. The van der Waals surface area contributed by atoms with Crippen molar-refractivity contribution in [2.75, 3.05) is 33.0 Å². The summed E-state index contributed by atoms with van der Waals surface area (Å²) in [7, 11) is -3.67. The zero-order chi connectivity index (χ0) is 84.5. The third-order valence-electron chi connectivity index (χ3n) is 16.5. The molecular weight excluding hydrogens is 1550 g/mol. The van der Waals surface area contributed by atoms with E-state index in [2.05, 4.69) is 0 Å². The Labute approximate surface area is 680 Å². The Morgan fingerprint density at radius 2 is 0.862 bits per heavy atom. The van der Waals surface area contributed by atoms with Crippen LogP contribution in [-0.2, 0) is 80.9 Å². The fourth-order valence-electron chi connectivity index (χ4n) is 11.6. The molecule has 5 heterocycles. The Bertz CT molecular complexity index is 5050. The van der Waals surface area contributed by atoms with Gasteiger partial charge in [0.1, 0.15) is 83.0 Å². The Morgan fingerprint density at radius 1 is 0.457 bits per heavy atom. The molecule has 3 fully saturated rings. The Morgan fingerprint density at radius 3 is 1.28 bits per heavy atom. The number of hydrogen-bond donors (Lipinski definition) is 6. The fraction of sp³-hybridized carbons (Fsp3) is 0.342. The Balaban J connectivity index is 0.000000237. The molecule has 12 atom stereocenters. The van der Waals surface area contributed by atoms with Gasteiger partial charge in [0.25, 0.3) is 0 Å². The molecule has 614 valence electrons. The van der Waals surface area contributed by atoms with Crippen LogP contribution in [-0.4, -0.2) is 181 Å². The Kier molecular flexibility index (Phi) is 35.9. The summed E-state index contributed by atoms with van der Waals surface area (Å²) in [5.41, 5.74) is 2.07. The van der Waals surface area contributed by atoms with Gasteiger partial charge in [-0.15, -0.1) is 0 Å². The summed E-state index contributed by atoms with van der Waals surface area (Å²) in [6.07, 6.45) is -11.9. The van der Waals surface area contributed by atoms with Gasteiger partial charge >= 0.3 is 78.9 Å². The van der Waals surface area contributed by atoms with Crippen LogP contribution in [0.15, 0.2) is 173 Å². The molecule has 12 unspecified atom stereocenters. The first-order valence-corrected chi connectivity index (χ1v) is 35.1. The number of halogens is 3. The molecule has 0 bridgehead atoms. The number of hydrogen-bond acceptors (Lipinski definition) is 32. The molecule has 3 aromatic heterocycles. The number of fused-ring (bicyclic) bond motifs is 3. The molecule has 3 aliphatic rings. The van der Waals surface area contributed by atoms with Crippen LogP contribution in [0, 0.1) is 5.92 Å². The van der Waals surface area contributed by atoms with E-state index in [1.54, 1.807) is 84.9 Å². The average Bonchev–Trinajstić information content (AvgIpc) is 1.24. The number of phenols is 3. The summed E-state index contributed by atoms with van der Waals surface area (Å²) < 4.78 is 109. The number of aliphatic hydroxyl groups excluding tert-OH is 3. The van der Waals surface area contributed by atoms with E-state index in [1.165, 1.54) is 88.4 Å². The van der Waals surface area contributed by atoms with Crippen LogP contribution in [0.2, 0.25) is 0 Å². The first-order valence-electron chi connectivity index (χ1n) is 35.1. The monoisotopic (exact) mass is 1630 g/mol. The number of carbonyl (C=O) groups is 7. The minimum atomic E-state index is -3.67. The van der Waals surface area contributed by atoms with Crippen molar-refractivity contribution in [2.45, 2.75) is 136 Å². The van der Waals surface area contributed by atoms with E-state index < -0.39 is 135 Å². The van der Waals surface area contributed by atoms with Crippen LogP contribution in [0.4, 0.5) is 12.9 Å². The smallest absolute Gasteiger partial charge is 0.870 e. The molecule has 116 heavy (non-hydrogen) atoms. The van der Waals surface area contributed by atoms with Crippen LogP contribution < -0.4 is 60.4 Å². The standard InChI is InChI=1S/C27H26O10.C20H18O8.C15H10O4.C13H18O9.C4H10O.BF3.Na/c1-14(28)33-13-18-11-25(27(35-16(3)30)26(18)34-15(2)29)37-23-9-8-17(10-21(23)32)24-12-20(31)19-6-4-5-7-22(19)36-24;21-9-17-18(24)19(25)20(28-17)27-15-6-5-10(7-13(15)23)16-8-12(22)11-3-1-2-4-14(11)26-16;16-11-6-5-9(7-13(11)18)15-8-12(17)10-3-1-2-4-14(10)19-15;1-6(14)18-5-10-11(19-7(2)15)12(20-8(3)16)13(22-10)21-9(4)17;1-3-5-4-2;2-1(3)4;/h4-10,12,18,25-27,32H,11,13H2,1-3H3;1-8,17-21,23-25H,9H2;1-8,16,18H;10-13H,5H2,1-4H3;3-4H2,1-2H3;;/q;;;;;;+1/p-1. The van der Waals surface area contributed by atoms with Gasteiger partial charge in [-0.05, 0) is 105 Å². The Hall–Kier alpha value is -11.3. The maximum absolute atomic E-state index is 12.5. The van der Waals surface area contributed by atoms with E-state index in [0.717, 1.165) is 34.0 Å². The minimum Gasteiger partial charge on any atom is -0.870 e. The molecule has 2 saturated heterocycles. The number of aliphatic hydroxyl groups is 3. The number of aromatic hydroxyl groups is 3. The van der Waals surface area contributed by atoms with E-state index >= 15 is 0 Å². The van der Waals surface area contributed by atoms with E-state index in [-0.39, 0.29) is 106 Å². The van der Waals surface area contributed by atoms with Gasteiger partial charge in [-0.25, -0.2) is 0 Å². The minimum absolute atomic E-state index is 0. The molecule has 9 aromatic rings. The van der Waals surface area contributed by atoms with E-state index in [0.29, 0.717) is 55.4 Å². The quantitative estimate of drug-likeness (QED) is 0.0262. The zero-order valence-corrected chi connectivity index (χ0v) is 66.0. The summed E-state index contributed by atoms with van der Waals surface area (Å²) >= 11 is 0. The first-order chi connectivity index (χ1) is 54.6. The predicted molar refractivity (Wildman–Crippen MR) is 396 cm³/mol. The predicted octanol–water partition coefficient (Wildman–Crippen LogP) is 5.21. The molecule has 0 spiro atoms. The van der Waals surface area contributed by atoms with Crippen molar-refractivity contribution in [3.8, 4) is 68.5 Å². The van der Waals surface area contributed by atoms with E-state index in [9.17, 15) is 91.5 Å². The summed E-state index contributed by atoms with van der Waals surface area (Å²) in [4.78, 5) is 116. The van der Waals surface area contributed by atoms with Gasteiger partial charge in [-0.3, -0.25) is 60.9 Å². The number of benzene rings is 6. The van der Waals surface area contributed by atoms with Crippen molar-refractivity contribution in [2.24, 2.45) is 5.92 Å². The number of phenolic OH excluding ortho intramolecular Hbond substituents is 3. The second-order valence-electron chi connectivity index (χ2n) is 25.0. The molecule has 12 rings (SSSR count). The van der Waals surface area contributed by atoms with Crippen LogP contribution in [0.1, 0.15) is 68.7 Å². The van der Waals surface area contributed by atoms with Crippen molar-refractivity contribution >= 4 is 82.2 Å². The molecule has 0 radical (unpaired) electrons. The molecule has 6 N–H and O–H groups in total. The van der Waals surface area contributed by atoms with Gasteiger partial charge in [0.2, 0.25) is 18.7 Å². The molecule has 0 amide bonds. The largest absolute Gasteiger partial charge is 1.00 e. The van der Waals surface area contributed by atoms with Crippen molar-refractivity contribution in [1.82, 2.24) is 0 Å². The second-order valence-corrected chi connectivity index (χ2v) is 25.0. The molecule has 32 nitrogen and oxygen atoms in total.